The first kappa shape index (κ1) is 15.8. The van der Waals surface area contributed by atoms with Crippen LogP contribution in [0.5, 0.6) is 5.75 Å². The normalized spacial score (nSPS) is 14.9. The van der Waals surface area contributed by atoms with Gasteiger partial charge < -0.3 is 14.5 Å². The van der Waals surface area contributed by atoms with Crippen molar-refractivity contribution in [3.8, 4) is 5.75 Å². The van der Waals surface area contributed by atoms with Crippen molar-refractivity contribution in [2.75, 3.05) is 38.2 Å². The van der Waals surface area contributed by atoms with Gasteiger partial charge in [-0.25, -0.2) is 4.98 Å². The van der Waals surface area contributed by atoms with Gasteiger partial charge in [-0.2, -0.15) is 0 Å². The molecule has 0 atom stereocenters. The molecule has 0 N–H and O–H groups in total. The number of aromatic nitrogens is 1. The molecular formula is C17H21N3O2S. The first-order chi connectivity index (χ1) is 11.2. The average Bonchev–Trinajstić information content (AvgIpc) is 3.10. The first-order valence-corrected chi connectivity index (χ1v) is 8.66. The van der Waals surface area contributed by atoms with Gasteiger partial charge in [0.25, 0.3) is 5.91 Å². The van der Waals surface area contributed by atoms with Crippen LogP contribution in [0.25, 0.3) is 0 Å². The van der Waals surface area contributed by atoms with Crippen LogP contribution in [0.2, 0.25) is 0 Å². The van der Waals surface area contributed by atoms with Gasteiger partial charge in [-0.15, -0.1) is 11.3 Å². The minimum Gasteiger partial charge on any atom is -0.497 e. The molecule has 6 heteroatoms. The molecule has 2 heterocycles. The summed E-state index contributed by atoms with van der Waals surface area (Å²) in [7, 11) is 1.68. The summed E-state index contributed by atoms with van der Waals surface area (Å²) < 4.78 is 5.28. The number of thiazole rings is 1. The van der Waals surface area contributed by atoms with Gasteiger partial charge in [0.05, 0.1) is 18.3 Å². The van der Waals surface area contributed by atoms with Gasteiger partial charge in [-0.3, -0.25) is 4.79 Å². The molecule has 0 spiro atoms. The Kier molecular flexibility index (Phi) is 4.81. The number of anilines is 1. The van der Waals surface area contributed by atoms with Crippen molar-refractivity contribution in [3.63, 3.8) is 0 Å². The molecule has 1 saturated heterocycles. The SMILES string of the molecule is CCc1ncc(C(=O)N2CCN(c3cccc(OC)c3)CC2)s1. The fourth-order valence-electron chi connectivity index (χ4n) is 2.70. The third kappa shape index (κ3) is 3.47. The Bertz CT molecular complexity index is 678. The number of piperazine rings is 1. The van der Waals surface area contributed by atoms with Crippen molar-refractivity contribution in [3.05, 3.63) is 40.3 Å². The second kappa shape index (κ2) is 7.00. The third-order valence-electron chi connectivity index (χ3n) is 4.05. The number of benzene rings is 1. The Balaban J connectivity index is 1.62. The van der Waals surface area contributed by atoms with Gasteiger partial charge in [0.1, 0.15) is 10.6 Å². The van der Waals surface area contributed by atoms with E-state index in [1.54, 1.807) is 13.3 Å². The van der Waals surface area contributed by atoms with E-state index in [4.69, 9.17) is 4.74 Å². The Hall–Kier alpha value is -2.08. The molecular weight excluding hydrogens is 310 g/mol. The summed E-state index contributed by atoms with van der Waals surface area (Å²) in [6.45, 7) is 5.18. The summed E-state index contributed by atoms with van der Waals surface area (Å²) in [5.74, 6) is 0.963. The van der Waals surface area contributed by atoms with Gasteiger partial charge in [-0.05, 0) is 18.6 Å². The molecule has 0 bridgehead atoms. The van der Waals surface area contributed by atoms with Crippen LogP contribution in [-0.2, 0) is 6.42 Å². The molecule has 2 aromatic rings. The Morgan fingerprint density at radius 3 is 2.74 bits per heavy atom. The monoisotopic (exact) mass is 331 g/mol. The zero-order valence-electron chi connectivity index (χ0n) is 13.5. The van der Waals surface area contributed by atoms with Crippen LogP contribution in [0, 0.1) is 0 Å². The zero-order chi connectivity index (χ0) is 16.2. The van der Waals surface area contributed by atoms with Crippen LogP contribution in [-0.4, -0.2) is 49.1 Å². The van der Waals surface area contributed by atoms with Gasteiger partial charge in [0, 0.05) is 37.9 Å². The topological polar surface area (TPSA) is 45.7 Å². The van der Waals surface area contributed by atoms with E-state index in [0.29, 0.717) is 0 Å². The lowest BCUT2D eigenvalue weighted by Gasteiger charge is -2.36. The molecule has 1 aliphatic rings. The highest BCUT2D eigenvalue weighted by atomic mass is 32.1. The second-order valence-corrected chi connectivity index (χ2v) is 6.57. The minimum atomic E-state index is 0.104. The molecule has 0 saturated carbocycles. The van der Waals surface area contributed by atoms with E-state index < -0.39 is 0 Å². The molecule has 1 aliphatic heterocycles. The molecule has 122 valence electrons. The van der Waals surface area contributed by atoms with E-state index in [-0.39, 0.29) is 5.91 Å². The van der Waals surface area contributed by atoms with Gasteiger partial charge in [-0.1, -0.05) is 13.0 Å². The number of hydrogen-bond acceptors (Lipinski definition) is 5. The maximum atomic E-state index is 12.5. The van der Waals surface area contributed by atoms with Crippen LogP contribution in [0.1, 0.15) is 21.6 Å². The number of amides is 1. The summed E-state index contributed by atoms with van der Waals surface area (Å²) in [4.78, 5) is 21.8. The van der Waals surface area contributed by atoms with E-state index in [1.165, 1.54) is 11.3 Å². The number of methoxy groups -OCH3 is 1. The lowest BCUT2D eigenvalue weighted by atomic mass is 10.2. The van der Waals surface area contributed by atoms with Crippen LogP contribution in [0.15, 0.2) is 30.5 Å². The summed E-state index contributed by atoms with van der Waals surface area (Å²) in [5.41, 5.74) is 1.14. The van der Waals surface area contributed by atoms with Crippen LogP contribution >= 0.6 is 11.3 Å². The smallest absolute Gasteiger partial charge is 0.265 e. The van der Waals surface area contributed by atoms with Crippen molar-refractivity contribution in [2.45, 2.75) is 13.3 Å². The molecule has 0 aliphatic carbocycles. The van der Waals surface area contributed by atoms with E-state index in [9.17, 15) is 4.79 Å². The van der Waals surface area contributed by atoms with Crippen molar-refractivity contribution < 1.29 is 9.53 Å². The van der Waals surface area contributed by atoms with Crippen molar-refractivity contribution >= 4 is 22.9 Å². The second-order valence-electron chi connectivity index (χ2n) is 5.45. The Labute approximate surface area is 140 Å². The Morgan fingerprint density at radius 1 is 1.30 bits per heavy atom. The number of carbonyl (C=O) groups is 1. The van der Waals surface area contributed by atoms with Crippen molar-refractivity contribution in [1.29, 1.82) is 0 Å². The number of aryl methyl sites for hydroxylation is 1. The minimum absolute atomic E-state index is 0.104. The molecule has 0 radical (unpaired) electrons. The fourth-order valence-corrected chi connectivity index (χ4v) is 3.53. The summed E-state index contributed by atoms with van der Waals surface area (Å²) in [6, 6.07) is 8.05. The van der Waals surface area contributed by atoms with Crippen molar-refractivity contribution in [2.24, 2.45) is 0 Å². The summed E-state index contributed by atoms with van der Waals surface area (Å²) >= 11 is 1.50. The highest BCUT2D eigenvalue weighted by molar-refractivity contribution is 7.13. The van der Waals surface area contributed by atoms with Gasteiger partial charge in [0.2, 0.25) is 0 Å². The lowest BCUT2D eigenvalue weighted by molar-refractivity contribution is 0.0751. The molecule has 1 fully saturated rings. The lowest BCUT2D eigenvalue weighted by Crippen LogP contribution is -2.48. The van der Waals surface area contributed by atoms with E-state index in [2.05, 4.69) is 22.9 Å². The van der Waals surface area contributed by atoms with Gasteiger partial charge >= 0.3 is 0 Å². The quantitative estimate of drug-likeness (QED) is 0.864. The van der Waals surface area contributed by atoms with E-state index in [0.717, 1.165) is 53.9 Å². The Morgan fingerprint density at radius 2 is 2.09 bits per heavy atom. The van der Waals surface area contributed by atoms with Crippen molar-refractivity contribution in [1.82, 2.24) is 9.88 Å². The maximum absolute atomic E-state index is 12.5. The standard InChI is InChI=1S/C17H21N3O2S/c1-3-16-18-12-15(23-16)17(21)20-9-7-19(8-10-20)13-5-4-6-14(11-13)22-2/h4-6,11-12H,3,7-10H2,1-2H3. The third-order valence-corrected chi connectivity index (χ3v) is 5.18. The predicted octanol–water partition coefficient (Wildman–Crippen LogP) is 2.68. The highest BCUT2D eigenvalue weighted by Gasteiger charge is 2.23. The predicted molar refractivity (Wildman–Crippen MR) is 92.6 cm³/mol. The average molecular weight is 331 g/mol. The first-order valence-electron chi connectivity index (χ1n) is 7.84. The maximum Gasteiger partial charge on any atom is 0.265 e. The van der Waals surface area contributed by atoms with E-state index >= 15 is 0 Å². The number of carbonyl (C=O) groups excluding carboxylic acids is 1. The van der Waals surface area contributed by atoms with Gasteiger partial charge in [0.15, 0.2) is 0 Å². The molecule has 23 heavy (non-hydrogen) atoms. The molecule has 1 amide bonds. The summed E-state index contributed by atoms with van der Waals surface area (Å²) in [5, 5.41) is 1.02. The number of hydrogen-bond donors (Lipinski definition) is 0. The number of nitrogens with zero attached hydrogens (tertiary/aromatic N) is 3. The molecule has 0 unspecified atom stereocenters. The summed E-state index contributed by atoms with van der Waals surface area (Å²) in [6.07, 6.45) is 2.59. The van der Waals surface area contributed by atoms with Crippen LogP contribution in [0.3, 0.4) is 0 Å². The number of rotatable bonds is 4. The highest BCUT2D eigenvalue weighted by Crippen LogP contribution is 2.23. The molecule has 1 aromatic heterocycles. The largest absolute Gasteiger partial charge is 0.497 e. The molecule has 5 nitrogen and oxygen atoms in total. The van der Waals surface area contributed by atoms with Crippen LogP contribution < -0.4 is 9.64 Å². The fraction of sp³-hybridized carbons (Fsp3) is 0.412. The number of ether oxygens (including phenoxy) is 1. The van der Waals surface area contributed by atoms with E-state index in [1.807, 2.05) is 23.1 Å². The van der Waals surface area contributed by atoms with Crippen LogP contribution in [0.4, 0.5) is 5.69 Å². The molecule has 1 aromatic carbocycles. The zero-order valence-corrected chi connectivity index (χ0v) is 14.3. The molecule has 3 rings (SSSR count).